The highest BCUT2D eigenvalue weighted by atomic mass is 79.9. The molecule has 106 valence electrons. The number of hydrogen-bond donors (Lipinski definition) is 0. The van der Waals surface area contributed by atoms with Crippen molar-refractivity contribution >= 4 is 26.8 Å². The Balaban J connectivity index is 1.53. The molecule has 0 amide bonds. The highest BCUT2D eigenvalue weighted by molar-refractivity contribution is 9.10. The van der Waals surface area contributed by atoms with E-state index in [1.807, 2.05) is 18.2 Å². The highest BCUT2D eigenvalue weighted by Gasteiger charge is 2.10. The van der Waals surface area contributed by atoms with Gasteiger partial charge in [0.15, 0.2) is 0 Å². The summed E-state index contributed by atoms with van der Waals surface area (Å²) in [7, 11) is 0. The summed E-state index contributed by atoms with van der Waals surface area (Å²) in [6.45, 7) is 4.39. The predicted molar refractivity (Wildman–Crippen MR) is 85.2 cm³/mol. The number of rotatable bonds is 5. The lowest BCUT2D eigenvalue weighted by Crippen LogP contribution is -2.21. The number of likely N-dealkylation sites (tertiary alicyclic amines) is 1. The number of halogens is 1. The normalized spacial score (nSPS) is 15.8. The van der Waals surface area contributed by atoms with E-state index < -0.39 is 0 Å². The number of fused-ring (bicyclic) bond motifs is 1. The van der Waals surface area contributed by atoms with Crippen LogP contribution < -0.4 is 4.74 Å². The Labute approximate surface area is 128 Å². The second-order valence-corrected chi connectivity index (χ2v) is 6.15. The molecule has 0 aliphatic carbocycles. The van der Waals surface area contributed by atoms with Crippen LogP contribution in [-0.4, -0.2) is 36.1 Å². The van der Waals surface area contributed by atoms with Crippen molar-refractivity contribution in [2.45, 2.75) is 19.3 Å². The first-order valence-corrected chi connectivity index (χ1v) is 8.02. The Morgan fingerprint density at radius 2 is 2.00 bits per heavy atom. The molecule has 3 rings (SSSR count). The molecule has 0 unspecified atom stereocenters. The van der Waals surface area contributed by atoms with Gasteiger partial charge in [-0.05, 0) is 56.6 Å². The zero-order valence-electron chi connectivity index (χ0n) is 11.5. The van der Waals surface area contributed by atoms with Gasteiger partial charge in [-0.2, -0.15) is 0 Å². The molecular weight excluding hydrogens is 316 g/mol. The van der Waals surface area contributed by atoms with Crippen molar-refractivity contribution in [2.24, 2.45) is 0 Å². The lowest BCUT2D eigenvalue weighted by atomic mass is 10.2. The van der Waals surface area contributed by atoms with Crippen molar-refractivity contribution in [3.05, 3.63) is 34.8 Å². The molecule has 20 heavy (non-hydrogen) atoms. The molecule has 1 saturated heterocycles. The molecule has 0 radical (unpaired) electrons. The molecule has 2 heterocycles. The standard InChI is InChI=1S/C16H19BrN2O/c17-14-5-6-15-13(12-14)4-7-16(18-15)20-11-3-10-19-8-1-2-9-19/h4-7,12H,1-3,8-11H2. The van der Waals surface area contributed by atoms with Gasteiger partial charge in [-0.1, -0.05) is 15.9 Å². The van der Waals surface area contributed by atoms with Gasteiger partial charge < -0.3 is 9.64 Å². The number of benzene rings is 1. The summed E-state index contributed by atoms with van der Waals surface area (Å²) in [4.78, 5) is 7.04. The van der Waals surface area contributed by atoms with Crippen LogP contribution in [0, 0.1) is 0 Å². The molecule has 2 aromatic rings. The third-order valence-corrected chi connectivity index (χ3v) is 4.19. The molecule has 0 atom stereocenters. The Hall–Kier alpha value is -1.13. The van der Waals surface area contributed by atoms with Crippen LogP contribution in [0.4, 0.5) is 0 Å². The topological polar surface area (TPSA) is 25.4 Å². The van der Waals surface area contributed by atoms with E-state index in [0.717, 1.165) is 40.8 Å². The average molecular weight is 335 g/mol. The summed E-state index contributed by atoms with van der Waals surface area (Å²) in [5.41, 5.74) is 0.977. The van der Waals surface area contributed by atoms with E-state index in [2.05, 4.69) is 37.9 Å². The van der Waals surface area contributed by atoms with Crippen molar-refractivity contribution in [1.82, 2.24) is 9.88 Å². The largest absolute Gasteiger partial charge is 0.478 e. The van der Waals surface area contributed by atoms with E-state index >= 15 is 0 Å². The fourth-order valence-corrected chi connectivity index (χ4v) is 3.01. The van der Waals surface area contributed by atoms with Crippen LogP contribution in [0.1, 0.15) is 19.3 Å². The SMILES string of the molecule is Brc1ccc2nc(OCCCN3CCCC3)ccc2c1. The van der Waals surface area contributed by atoms with Crippen molar-refractivity contribution in [2.75, 3.05) is 26.2 Å². The summed E-state index contributed by atoms with van der Waals surface area (Å²) in [5.74, 6) is 0.723. The first-order chi connectivity index (χ1) is 9.81. The minimum Gasteiger partial charge on any atom is -0.478 e. The summed E-state index contributed by atoms with van der Waals surface area (Å²) < 4.78 is 6.83. The van der Waals surface area contributed by atoms with Crippen molar-refractivity contribution < 1.29 is 4.74 Å². The van der Waals surface area contributed by atoms with Crippen molar-refractivity contribution in [1.29, 1.82) is 0 Å². The summed E-state index contributed by atoms with van der Waals surface area (Å²) in [5, 5.41) is 1.13. The summed E-state index contributed by atoms with van der Waals surface area (Å²) in [6.07, 6.45) is 3.77. The third-order valence-electron chi connectivity index (χ3n) is 3.69. The zero-order chi connectivity index (χ0) is 13.8. The Morgan fingerprint density at radius 1 is 1.15 bits per heavy atom. The van der Waals surface area contributed by atoms with Crippen LogP contribution in [0.25, 0.3) is 10.9 Å². The molecule has 1 aromatic heterocycles. The molecule has 4 heteroatoms. The van der Waals surface area contributed by atoms with E-state index in [1.165, 1.54) is 25.9 Å². The number of aromatic nitrogens is 1. The Morgan fingerprint density at radius 3 is 2.85 bits per heavy atom. The van der Waals surface area contributed by atoms with Crippen LogP contribution in [0.15, 0.2) is 34.8 Å². The van der Waals surface area contributed by atoms with Crippen molar-refractivity contribution in [3.63, 3.8) is 0 Å². The van der Waals surface area contributed by atoms with Gasteiger partial charge in [-0.15, -0.1) is 0 Å². The van der Waals surface area contributed by atoms with Gasteiger partial charge in [0.05, 0.1) is 12.1 Å². The van der Waals surface area contributed by atoms with E-state index in [4.69, 9.17) is 4.74 Å². The molecule has 3 nitrogen and oxygen atoms in total. The summed E-state index contributed by atoms with van der Waals surface area (Å²) >= 11 is 3.47. The van der Waals surface area contributed by atoms with E-state index in [-0.39, 0.29) is 0 Å². The van der Waals surface area contributed by atoms with Gasteiger partial charge >= 0.3 is 0 Å². The Bertz CT molecular complexity index is 582. The van der Waals surface area contributed by atoms with Crippen LogP contribution in [0.3, 0.4) is 0 Å². The molecule has 0 saturated carbocycles. The molecule has 0 bridgehead atoms. The van der Waals surface area contributed by atoms with E-state index in [9.17, 15) is 0 Å². The lowest BCUT2D eigenvalue weighted by Gasteiger charge is -2.14. The van der Waals surface area contributed by atoms with Gasteiger partial charge in [-0.25, -0.2) is 4.98 Å². The third kappa shape index (κ3) is 3.49. The van der Waals surface area contributed by atoms with Gasteiger partial charge in [-0.3, -0.25) is 0 Å². The molecule has 1 fully saturated rings. The predicted octanol–water partition coefficient (Wildman–Crippen LogP) is 3.86. The first-order valence-electron chi connectivity index (χ1n) is 7.23. The molecule has 1 aliphatic rings. The molecule has 0 spiro atoms. The summed E-state index contributed by atoms with van der Waals surface area (Å²) in [6, 6.07) is 10.1. The number of ether oxygens (including phenoxy) is 1. The fourth-order valence-electron chi connectivity index (χ4n) is 2.63. The van der Waals surface area contributed by atoms with Crippen LogP contribution in [-0.2, 0) is 0 Å². The van der Waals surface area contributed by atoms with Crippen molar-refractivity contribution in [3.8, 4) is 5.88 Å². The maximum atomic E-state index is 5.75. The lowest BCUT2D eigenvalue weighted by molar-refractivity contribution is 0.257. The minimum atomic E-state index is 0.723. The van der Waals surface area contributed by atoms with Gasteiger partial charge in [0, 0.05) is 22.5 Å². The van der Waals surface area contributed by atoms with E-state index in [1.54, 1.807) is 0 Å². The van der Waals surface area contributed by atoms with Crippen LogP contribution in [0.5, 0.6) is 5.88 Å². The highest BCUT2D eigenvalue weighted by Crippen LogP contribution is 2.21. The fraction of sp³-hybridized carbons (Fsp3) is 0.438. The van der Waals surface area contributed by atoms with Gasteiger partial charge in [0.1, 0.15) is 0 Å². The molecule has 1 aromatic carbocycles. The molecule has 1 aliphatic heterocycles. The van der Waals surface area contributed by atoms with E-state index in [0.29, 0.717) is 0 Å². The number of pyridine rings is 1. The minimum absolute atomic E-state index is 0.723. The van der Waals surface area contributed by atoms with Crippen LogP contribution in [0.2, 0.25) is 0 Å². The molecular formula is C16H19BrN2O. The quantitative estimate of drug-likeness (QED) is 0.776. The number of hydrogen-bond acceptors (Lipinski definition) is 3. The smallest absolute Gasteiger partial charge is 0.213 e. The second-order valence-electron chi connectivity index (χ2n) is 5.24. The second kappa shape index (κ2) is 6.55. The molecule has 0 N–H and O–H groups in total. The maximum absolute atomic E-state index is 5.75. The average Bonchev–Trinajstić information content (AvgIpc) is 2.97. The maximum Gasteiger partial charge on any atom is 0.213 e. The van der Waals surface area contributed by atoms with Crippen LogP contribution >= 0.6 is 15.9 Å². The van der Waals surface area contributed by atoms with Gasteiger partial charge in [0.25, 0.3) is 0 Å². The monoisotopic (exact) mass is 334 g/mol. The first kappa shape index (κ1) is 13.8. The van der Waals surface area contributed by atoms with Gasteiger partial charge in [0.2, 0.25) is 5.88 Å². The Kier molecular flexibility index (Phi) is 4.53. The number of nitrogens with zero attached hydrogens (tertiary/aromatic N) is 2. The zero-order valence-corrected chi connectivity index (χ0v) is 13.1.